The normalized spacial score (nSPS) is 20.4. The second-order valence-corrected chi connectivity index (χ2v) is 7.50. The zero-order chi connectivity index (χ0) is 18.5. The van der Waals surface area contributed by atoms with Crippen LogP contribution in [0.2, 0.25) is 0 Å². The van der Waals surface area contributed by atoms with E-state index in [-0.39, 0.29) is 17.5 Å². The Bertz CT molecular complexity index is 518. The largest absolute Gasteiger partial charge is 0.442 e. The van der Waals surface area contributed by atoms with Gasteiger partial charge in [0.25, 0.3) is 0 Å². The molecule has 0 radical (unpaired) electrons. The molecule has 1 aliphatic carbocycles. The van der Waals surface area contributed by atoms with E-state index in [1.54, 1.807) is 34.6 Å². The minimum absolute atomic E-state index is 0.0978. The van der Waals surface area contributed by atoms with Crippen LogP contribution in [0.1, 0.15) is 67.2 Å². The molecule has 0 spiro atoms. The molecule has 1 aliphatic rings. The lowest BCUT2D eigenvalue weighted by Gasteiger charge is -2.28. The maximum Gasteiger partial charge on any atom is 0.430 e. The average molecular weight is 338 g/mol. The van der Waals surface area contributed by atoms with Crippen LogP contribution in [0.3, 0.4) is 0 Å². The number of nitrogens with zero attached hydrogens (tertiary/aromatic N) is 2. The van der Waals surface area contributed by atoms with Crippen molar-refractivity contribution in [2.24, 2.45) is 16.9 Å². The lowest BCUT2D eigenvalue weighted by Crippen LogP contribution is -2.41. The second-order valence-electron chi connectivity index (χ2n) is 7.50. The van der Waals surface area contributed by atoms with Crippen LogP contribution >= 0.6 is 0 Å². The van der Waals surface area contributed by atoms with E-state index in [9.17, 15) is 14.4 Å². The maximum absolute atomic E-state index is 12.4. The summed E-state index contributed by atoms with van der Waals surface area (Å²) in [5.74, 6) is -1.29. The molecular weight excluding hydrogens is 308 g/mol. The summed E-state index contributed by atoms with van der Waals surface area (Å²) >= 11 is 0. The zero-order valence-corrected chi connectivity index (χ0v) is 15.7. The quantitative estimate of drug-likeness (QED) is 0.567. The summed E-state index contributed by atoms with van der Waals surface area (Å²) in [6, 6.07) is 0. The molecule has 6 heteroatoms. The highest BCUT2D eigenvalue weighted by atomic mass is 16.6. The third-order valence-corrected chi connectivity index (χ3v) is 3.65. The number of carbonyl (C=O) groups excluding carboxylic acids is 3. The van der Waals surface area contributed by atoms with Crippen LogP contribution in [0.5, 0.6) is 0 Å². The average Bonchev–Trinajstić information content (AvgIpc) is 2.44. The molecule has 1 amide bonds. The smallest absolute Gasteiger partial charge is 0.430 e. The van der Waals surface area contributed by atoms with Gasteiger partial charge in [-0.1, -0.05) is 20.8 Å². The molecule has 0 N–H and O–H groups in total. The summed E-state index contributed by atoms with van der Waals surface area (Å²) < 4.78 is 5.37. The molecule has 1 atom stereocenters. The Labute approximate surface area is 144 Å². The standard InChI is InChI=1S/C18H30N2O4/c1-7-11-20(17(23)24-18(4,5)6)19-13-9-8-10-14(21)15(13)16(22)12(2)3/h12,15H,7-11H2,1-6H3/b19-13-. The van der Waals surface area contributed by atoms with Crippen molar-refractivity contribution in [1.82, 2.24) is 5.01 Å². The van der Waals surface area contributed by atoms with Gasteiger partial charge in [0.15, 0.2) is 5.78 Å². The van der Waals surface area contributed by atoms with Gasteiger partial charge in [-0.15, -0.1) is 0 Å². The van der Waals surface area contributed by atoms with E-state index in [2.05, 4.69) is 5.10 Å². The molecule has 1 saturated carbocycles. The molecule has 0 aliphatic heterocycles. The van der Waals surface area contributed by atoms with E-state index in [0.29, 0.717) is 37.9 Å². The topological polar surface area (TPSA) is 76.0 Å². The minimum atomic E-state index is -0.819. The number of hydrogen-bond acceptors (Lipinski definition) is 5. The number of hydrogen-bond donors (Lipinski definition) is 0. The lowest BCUT2D eigenvalue weighted by molar-refractivity contribution is -0.132. The van der Waals surface area contributed by atoms with Gasteiger partial charge in [0, 0.05) is 18.9 Å². The highest BCUT2D eigenvalue weighted by molar-refractivity contribution is 6.22. The van der Waals surface area contributed by atoms with Crippen molar-refractivity contribution in [1.29, 1.82) is 0 Å². The van der Waals surface area contributed by atoms with Gasteiger partial charge in [-0.05, 0) is 40.0 Å². The summed E-state index contributed by atoms with van der Waals surface area (Å²) in [5.41, 5.74) is -0.136. The summed E-state index contributed by atoms with van der Waals surface area (Å²) in [5, 5.41) is 5.63. The van der Waals surface area contributed by atoms with Gasteiger partial charge < -0.3 is 4.74 Å². The Kier molecular flexibility index (Phi) is 7.11. The molecule has 0 aromatic carbocycles. The number of carbonyl (C=O) groups is 3. The Hall–Kier alpha value is -1.72. The number of rotatable bonds is 5. The third kappa shape index (κ3) is 5.73. The van der Waals surface area contributed by atoms with Crippen molar-refractivity contribution >= 4 is 23.4 Å². The lowest BCUT2D eigenvalue weighted by atomic mass is 9.80. The molecule has 0 saturated heterocycles. The first-order valence-electron chi connectivity index (χ1n) is 8.71. The predicted molar refractivity (Wildman–Crippen MR) is 92.9 cm³/mol. The molecule has 0 aromatic heterocycles. The van der Waals surface area contributed by atoms with E-state index < -0.39 is 17.6 Å². The highest BCUT2D eigenvalue weighted by Gasteiger charge is 2.36. The van der Waals surface area contributed by atoms with Gasteiger partial charge in [-0.2, -0.15) is 10.1 Å². The Morgan fingerprint density at radius 3 is 2.42 bits per heavy atom. The van der Waals surface area contributed by atoms with Crippen molar-refractivity contribution < 1.29 is 19.1 Å². The first-order chi connectivity index (χ1) is 11.1. The van der Waals surface area contributed by atoms with Crippen LogP contribution in [-0.4, -0.2) is 40.5 Å². The SMILES string of the molecule is CCCN(/N=C1/CCCC(=O)C1C(=O)C(C)C)C(=O)OC(C)(C)C. The van der Waals surface area contributed by atoms with Gasteiger partial charge in [-0.25, -0.2) is 4.79 Å². The number of ether oxygens (including phenoxy) is 1. The molecule has 0 heterocycles. The van der Waals surface area contributed by atoms with E-state index in [1.165, 1.54) is 5.01 Å². The van der Waals surface area contributed by atoms with Gasteiger partial charge in [0.05, 0.1) is 5.71 Å². The molecule has 136 valence electrons. The van der Waals surface area contributed by atoms with E-state index >= 15 is 0 Å². The van der Waals surface area contributed by atoms with Crippen LogP contribution in [0.15, 0.2) is 5.10 Å². The number of hydrazone groups is 1. The highest BCUT2D eigenvalue weighted by Crippen LogP contribution is 2.23. The van der Waals surface area contributed by atoms with Crippen LogP contribution in [-0.2, 0) is 14.3 Å². The van der Waals surface area contributed by atoms with Gasteiger partial charge in [-0.3, -0.25) is 9.59 Å². The first-order valence-corrected chi connectivity index (χ1v) is 8.71. The molecule has 0 bridgehead atoms. The van der Waals surface area contributed by atoms with E-state index in [1.807, 2.05) is 6.92 Å². The van der Waals surface area contributed by atoms with E-state index in [0.717, 1.165) is 0 Å². The summed E-state index contributed by atoms with van der Waals surface area (Å²) in [7, 11) is 0. The zero-order valence-electron chi connectivity index (χ0n) is 15.7. The number of Topliss-reactive ketones (excluding diaryl/α,β-unsaturated/α-hetero) is 2. The van der Waals surface area contributed by atoms with Crippen LogP contribution < -0.4 is 0 Å². The van der Waals surface area contributed by atoms with Crippen LogP contribution in [0.4, 0.5) is 4.79 Å². The van der Waals surface area contributed by atoms with Crippen molar-refractivity contribution in [2.75, 3.05) is 6.54 Å². The van der Waals surface area contributed by atoms with Crippen molar-refractivity contribution in [3.05, 3.63) is 0 Å². The molecular formula is C18H30N2O4. The fourth-order valence-corrected chi connectivity index (χ4v) is 2.55. The minimum Gasteiger partial charge on any atom is -0.442 e. The van der Waals surface area contributed by atoms with Crippen molar-refractivity contribution in [3.63, 3.8) is 0 Å². The van der Waals surface area contributed by atoms with Gasteiger partial charge >= 0.3 is 6.09 Å². The Balaban J connectivity index is 3.10. The van der Waals surface area contributed by atoms with E-state index in [4.69, 9.17) is 4.74 Å². The molecule has 1 rings (SSSR count). The molecule has 6 nitrogen and oxygen atoms in total. The third-order valence-electron chi connectivity index (χ3n) is 3.65. The number of ketones is 2. The second kappa shape index (κ2) is 8.40. The molecule has 24 heavy (non-hydrogen) atoms. The molecule has 1 fully saturated rings. The fourth-order valence-electron chi connectivity index (χ4n) is 2.55. The summed E-state index contributed by atoms with van der Waals surface area (Å²) in [6.07, 6.45) is 1.76. The Morgan fingerprint density at radius 2 is 1.92 bits per heavy atom. The van der Waals surface area contributed by atoms with Crippen molar-refractivity contribution in [3.8, 4) is 0 Å². The first kappa shape index (κ1) is 20.3. The molecule has 1 unspecified atom stereocenters. The summed E-state index contributed by atoms with van der Waals surface area (Å²) in [4.78, 5) is 37.0. The monoisotopic (exact) mass is 338 g/mol. The van der Waals surface area contributed by atoms with Crippen molar-refractivity contribution in [2.45, 2.75) is 72.8 Å². The van der Waals surface area contributed by atoms with Gasteiger partial charge in [0.1, 0.15) is 17.3 Å². The van der Waals surface area contributed by atoms with Gasteiger partial charge in [0.2, 0.25) is 0 Å². The Morgan fingerprint density at radius 1 is 1.29 bits per heavy atom. The maximum atomic E-state index is 12.4. The van der Waals surface area contributed by atoms with Crippen LogP contribution in [0, 0.1) is 11.8 Å². The number of amides is 1. The van der Waals surface area contributed by atoms with Crippen LogP contribution in [0.25, 0.3) is 0 Å². The fraction of sp³-hybridized carbons (Fsp3) is 0.778. The molecule has 0 aromatic rings. The summed E-state index contributed by atoms with van der Waals surface area (Å²) in [6.45, 7) is 11.2. The predicted octanol–water partition coefficient (Wildman–Crippen LogP) is 3.58.